The Morgan fingerprint density at radius 2 is 1.85 bits per heavy atom. The largest absolute Gasteiger partial charge is 0.322 e. The number of hydrogen-bond donors (Lipinski definition) is 1. The Morgan fingerprint density at radius 3 is 2.65 bits per heavy atom. The van der Waals surface area contributed by atoms with Crippen LogP contribution in [0.5, 0.6) is 0 Å². The first-order valence-electron chi connectivity index (χ1n) is 8.22. The summed E-state index contributed by atoms with van der Waals surface area (Å²) < 4.78 is 2.01. The molecule has 0 aliphatic carbocycles. The van der Waals surface area contributed by atoms with Crippen LogP contribution in [-0.4, -0.2) is 21.7 Å². The van der Waals surface area contributed by atoms with Gasteiger partial charge in [-0.1, -0.05) is 24.3 Å². The van der Waals surface area contributed by atoms with Gasteiger partial charge >= 0.3 is 0 Å². The van der Waals surface area contributed by atoms with Crippen molar-refractivity contribution < 1.29 is 4.79 Å². The molecule has 3 aromatic carbocycles. The summed E-state index contributed by atoms with van der Waals surface area (Å²) in [6, 6.07) is 23.4. The van der Waals surface area contributed by atoms with Gasteiger partial charge in [0.2, 0.25) is 0 Å². The molecule has 1 aromatic heterocycles. The van der Waals surface area contributed by atoms with Gasteiger partial charge in [0.05, 0.1) is 11.0 Å². The summed E-state index contributed by atoms with van der Waals surface area (Å²) >= 11 is 1.64. The Labute approximate surface area is 155 Å². The highest BCUT2D eigenvalue weighted by atomic mass is 32.2. The molecule has 4 aromatic rings. The normalized spacial score (nSPS) is 10.8. The van der Waals surface area contributed by atoms with E-state index in [0.29, 0.717) is 5.56 Å². The summed E-state index contributed by atoms with van der Waals surface area (Å²) in [5, 5.41) is 2.95. The molecule has 1 N–H and O–H groups in total. The molecular formula is C21H17N3OS. The SMILES string of the molecule is CSc1cccc(NC(=O)c2ccc3c(c2)ncn3-c2ccccc2)c1. The fourth-order valence-corrected chi connectivity index (χ4v) is 3.31. The number of amides is 1. The van der Waals surface area contributed by atoms with Gasteiger partial charge in [-0.05, 0) is 54.8 Å². The monoisotopic (exact) mass is 359 g/mol. The molecule has 0 atom stereocenters. The molecule has 0 unspecified atom stereocenters. The van der Waals surface area contributed by atoms with E-state index >= 15 is 0 Å². The van der Waals surface area contributed by atoms with Crippen LogP contribution in [0.15, 0.2) is 84.0 Å². The van der Waals surface area contributed by atoms with Gasteiger partial charge in [-0.15, -0.1) is 11.8 Å². The summed E-state index contributed by atoms with van der Waals surface area (Å²) in [5.74, 6) is -0.139. The minimum absolute atomic E-state index is 0.139. The topological polar surface area (TPSA) is 46.9 Å². The molecule has 1 heterocycles. The number of imidazole rings is 1. The molecule has 0 fully saturated rings. The second-order valence-corrected chi connectivity index (χ2v) is 6.72. The van der Waals surface area contributed by atoms with E-state index in [1.54, 1.807) is 18.1 Å². The van der Waals surface area contributed by atoms with E-state index in [4.69, 9.17) is 0 Å². The second kappa shape index (κ2) is 7.06. The molecule has 5 heteroatoms. The number of benzene rings is 3. The van der Waals surface area contributed by atoms with Gasteiger partial charge in [-0.3, -0.25) is 9.36 Å². The zero-order chi connectivity index (χ0) is 17.9. The Morgan fingerprint density at radius 1 is 1.00 bits per heavy atom. The third-order valence-corrected chi connectivity index (χ3v) is 4.90. The van der Waals surface area contributed by atoms with Crippen LogP contribution in [-0.2, 0) is 0 Å². The maximum Gasteiger partial charge on any atom is 0.255 e. The number of aromatic nitrogens is 2. The number of nitrogens with one attached hydrogen (secondary N) is 1. The molecular weight excluding hydrogens is 342 g/mol. The van der Waals surface area contributed by atoms with Gasteiger partial charge in [0.1, 0.15) is 6.33 Å². The first-order chi connectivity index (χ1) is 12.7. The highest BCUT2D eigenvalue weighted by Gasteiger charge is 2.10. The van der Waals surface area contributed by atoms with Crippen molar-refractivity contribution in [3.63, 3.8) is 0 Å². The van der Waals surface area contributed by atoms with Crippen LogP contribution in [0.4, 0.5) is 5.69 Å². The van der Waals surface area contributed by atoms with Gasteiger partial charge in [0.25, 0.3) is 5.91 Å². The number of carbonyl (C=O) groups is 1. The summed E-state index contributed by atoms with van der Waals surface area (Å²) in [6.07, 6.45) is 3.79. The zero-order valence-corrected chi connectivity index (χ0v) is 15.0. The molecule has 0 aliphatic heterocycles. The lowest BCUT2D eigenvalue weighted by Gasteiger charge is -2.07. The minimum atomic E-state index is -0.139. The predicted octanol–water partition coefficient (Wildman–Crippen LogP) is 5.00. The van der Waals surface area contributed by atoms with Crippen molar-refractivity contribution in [3.8, 4) is 5.69 Å². The average molecular weight is 359 g/mol. The summed E-state index contributed by atoms with van der Waals surface area (Å²) in [6.45, 7) is 0. The number of carbonyl (C=O) groups excluding carboxylic acids is 1. The Bertz CT molecular complexity index is 1070. The molecule has 4 nitrogen and oxygen atoms in total. The Balaban J connectivity index is 1.62. The molecule has 0 saturated heterocycles. The summed E-state index contributed by atoms with van der Waals surface area (Å²) in [7, 11) is 0. The van der Waals surface area contributed by atoms with Gasteiger partial charge in [0, 0.05) is 21.8 Å². The van der Waals surface area contributed by atoms with Crippen molar-refractivity contribution in [1.29, 1.82) is 0 Å². The smallest absolute Gasteiger partial charge is 0.255 e. The van der Waals surface area contributed by atoms with Crippen LogP contribution in [0.25, 0.3) is 16.7 Å². The van der Waals surface area contributed by atoms with Crippen LogP contribution < -0.4 is 5.32 Å². The molecule has 0 radical (unpaired) electrons. The number of fused-ring (bicyclic) bond motifs is 1. The number of anilines is 1. The fourth-order valence-electron chi connectivity index (χ4n) is 2.85. The third kappa shape index (κ3) is 3.21. The highest BCUT2D eigenvalue weighted by molar-refractivity contribution is 7.98. The van der Waals surface area contributed by atoms with Crippen LogP contribution in [0.3, 0.4) is 0 Å². The van der Waals surface area contributed by atoms with Crippen LogP contribution in [0.2, 0.25) is 0 Å². The van der Waals surface area contributed by atoms with Gasteiger partial charge in [0.15, 0.2) is 0 Å². The highest BCUT2D eigenvalue weighted by Crippen LogP contribution is 2.22. The van der Waals surface area contributed by atoms with E-state index < -0.39 is 0 Å². The lowest BCUT2D eigenvalue weighted by atomic mass is 10.1. The first kappa shape index (κ1) is 16.4. The molecule has 0 aliphatic rings. The van der Waals surface area contributed by atoms with E-state index in [1.165, 1.54) is 0 Å². The van der Waals surface area contributed by atoms with E-state index in [0.717, 1.165) is 27.3 Å². The van der Waals surface area contributed by atoms with Crippen LogP contribution >= 0.6 is 11.8 Å². The summed E-state index contributed by atoms with van der Waals surface area (Å²) in [5.41, 5.74) is 4.18. The number of thioether (sulfide) groups is 1. The van der Waals surface area contributed by atoms with Crippen molar-refractivity contribution in [2.75, 3.05) is 11.6 Å². The Kier molecular flexibility index (Phi) is 4.46. The van der Waals surface area contributed by atoms with E-state index in [2.05, 4.69) is 10.3 Å². The van der Waals surface area contributed by atoms with E-state index in [1.807, 2.05) is 83.6 Å². The van der Waals surface area contributed by atoms with Crippen molar-refractivity contribution in [2.24, 2.45) is 0 Å². The molecule has 128 valence electrons. The van der Waals surface area contributed by atoms with Gasteiger partial charge in [-0.25, -0.2) is 4.98 Å². The quantitative estimate of drug-likeness (QED) is 0.522. The number of hydrogen-bond acceptors (Lipinski definition) is 3. The zero-order valence-electron chi connectivity index (χ0n) is 14.2. The molecule has 0 saturated carbocycles. The van der Waals surface area contributed by atoms with E-state index in [9.17, 15) is 4.79 Å². The van der Waals surface area contributed by atoms with Crippen molar-refractivity contribution in [1.82, 2.24) is 9.55 Å². The van der Waals surface area contributed by atoms with Crippen molar-refractivity contribution in [3.05, 3.63) is 84.7 Å². The number of nitrogens with zero attached hydrogens (tertiary/aromatic N) is 2. The number of rotatable bonds is 4. The third-order valence-electron chi connectivity index (χ3n) is 4.17. The molecule has 0 bridgehead atoms. The minimum Gasteiger partial charge on any atom is -0.322 e. The maximum absolute atomic E-state index is 12.6. The van der Waals surface area contributed by atoms with Gasteiger partial charge in [-0.2, -0.15) is 0 Å². The lowest BCUT2D eigenvalue weighted by molar-refractivity contribution is 0.102. The Hall–Kier alpha value is -3.05. The van der Waals surface area contributed by atoms with Crippen molar-refractivity contribution in [2.45, 2.75) is 4.90 Å². The predicted molar refractivity (Wildman–Crippen MR) is 107 cm³/mol. The molecule has 26 heavy (non-hydrogen) atoms. The van der Waals surface area contributed by atoms with Crippen LogP contribution in [0, 0.1) is 0 Å². The molecule has 0 spiro atoms. The van der Waals surface area contributed by atoms with Crippen LogP contribution in [0.1, 0.15) is 10.4 Å². The standard InChI is InChI=1S/C21H17N3OS/c1-26-18-9-5-6-16(13-18)23-21(25)15-10-11-20-19(12-15)22-14-24(20)17-7-3-2-4-8-17/h2-14H,1H3,(H,23,25). The lowest BCUT2D eigenvalue weighted by Crippen LogP contribution is -2.11. The molecule has 4 rings (SSSR count). The van der Waals surface area contributed by atoms with Crippen molar-refractivity contribution >= 4 is 34.4 Å². The summed E-state index contributed by atoms with van der Waals surface area (Å²) in [4.78, 5) is 18.1. The number of para-hydroxylation sites is 1. The fraction of sp³-hybridized carbons (Fsp3) is 0.0476. The maximum atomic E-state index is 12.6. The first-order valence-corrected chi connectivity index (χ1v) is 9.45. The average Bonchev–Trinajstić information content (AvgIpc) is 3.12. The second-order valence-electron chi connectivity index (χ2n) is 5.84. The van der Waals surface area contributed by atoms with E-state index in [-0.39, 0.29) is 5.91 Å². The molecule has 1 amide bonds. The van der Waals surface area contributed by atoms with Gasteiger partial charge < -0.3 is 5.32 Å².